The molecular formula is C3H11N2O4P. The maximum Gasteiger partial charge on any atom is 0.487 e. The number of phosphoric acid groups is 1. The van der Waals surface area contributed by atoms with Gasteiger partial charge in [-0.3, -0.25) is 0 Å². The monoisotopic (exact) mass is 170 g/mol. The highest BCUT2D eigenvalue weighted by atomic mass is 31.2. The highest BCUT2D eigenvalue weighted by Crippen LogP contribution is 2.33. The van der Waals surface area contributed by atoms with Gasteiger partial charge in [-0.05, 0) is 13.8 Å². The average Bonchev–Trinajstić information content (AvgIpc) is 1.59. The van der Waals surface area contributed by atoms with Gasteiger partial charge >= 0.3 is 7.82 Å². The SMILES string of the molecule is CC(C)NNOP(=O)(O)O. The lowest BCUT2D eigenvalue weighted by Gasteiger charge is -2.09. The van der Waals surface area contributed by atoms with Crippen molar-refractivity contribution >= 4 is 7.82 Å². The van der Waals surface area contributed by atoms with E-state index in [9.17, 15) is 4.57 Å². The Bertz CT molecular complexity index is 132. The van der Waals surface area contributed by atoms with Crippen LogP contribution in [0.3, 0.4) is 0 Å². The molecule has 0 aliphatic carbocycles. The minimum atomic E-state index is -4.40. The highest BCUT2D eigenvalue weighted by molar-refractivity contribution is 7.46. The normalized spacial score (nSPS) is 12.5. The summed E-state index contributed by atoms with van der Waals surface area (Å²) in [5, 5.41) is 0. The van der Waals surface area contributed by atoms with Gasteiger partial charge in [0.2, 0.25) is 0 Å². The third-order valence-corrected chi connectivity index (χ3v) is 0.841. The van der Waals surface area contributed by atoms with Gasteiger partial charge in [0.05, 0.1) is 0 Å². The molecule has 0 spiro atoms. The van der Waals surface area contributed by atoms with Crippen molar-refractivity contribution in [2.24, 2.45) is 0 Å². The third-order valence-electron chi connectivity index (χ3n) is 0.512. The Morgan fingerprint density at radius 3 is 2.30 bits per heavy atom. The molecule has 0 saturated carbocycles. The van der Waals surface area contributed by atoms with Crippen LogP contribution in [0, 0.1) is 0 Å². The predicted molar refractivity (Wildman–Crippen MR) is 34.5 cm³/mol. The summed E-state index contributed by atoms with van der Waals surface area (Å²) in [6, 6.07) is 0.0477. The fraction of sp³-hybridized carbons (Fsp3) is 1.00. The van der Waals surface area contributed by atoms with E-state index in [2.05, 4.69) is 10.1 Å². The first-order chi connectivity index (χ1) is 4.42. The largest absolute Gasteiger partial charge is 0.487 e. The van der Waals surface area contributed by atoms with Crippen LogP contribution in [0.1, 0.15) is 13.8 Å². The molecule has 0 aliphatic rings. The predicted octanol–water partition coefficient (Wildman–Crippen LogP) is -0.487. The van der Waals surface area contributed by atoms with Gasteiger partial charge in [-0.1, -0.05) is 0 Å². The van der Waals surface area contributed by atoms with Gasteiger partial charge < -0.3 is 9.79 Å². The van der Waals surface area contributed by atoms with Crippen molar-refractivity contribution in [2.45, 2.75) is 19.9 Å². The molecule has 0 amide bonds. The summed E-state index contributed by atoms with van der Waals surface area (Å²) >= 11 is 0. The van der Waals surface area contributed by atoms with E-state index >= 15 is 0 Å². The lowest BCUT2D eigenvalue weighted by atomic mass is 10.4. The van der Waals surface area contributed by atoms with Gasteiger partial charge in [0.25, 0.3) is 0 Å². The Labute approximate surface area is 58.7 Å². The van der Waals surface area contributed by atoms with Crippen LogP contribution in [-0.2, 0) is 9.19 Å². The number of hydrazine groups is 1. The molecular weight excluding hydrogens is 159 g/mol. The highest BCUT2D eigenvalue weighted by Gasteiger charge is 2.13. The molecule has 0 saturated heterocycles. The molecule has 0 atom stereocenters. The molecule has 0 fully saturated rings. The number of rotatable bonds is 4. The molecule has 4 N–H and O–H groups in total. The van der Waals surface area contributed by atoms with E-state index in [-0.39, 0.29) is 6.04 Å². The zero-order valence-corrected chi connectivity index (χ0v) is 6.63. The van der Waals surface area contributed by atoms with Crippen LogP contribution in [0.25, 0.3) is 0 Å². The van der Waals surface area contributed by atoms with Crippen LogP contribution in [0.15, 0.2) is 0 Å². The first-order valence-corrected chi connectivity index (χ1v) is 4.19. The van der Waals surface area contributed by atoms with Crippen LogP contribution in [0.5, 0.6) is 0 Å². The van der Waals surface area contributed by atoms with Crippen molar-refractivity contribution in [3.63, 3.8) is 0 Å². The summed E-state index contributed by atoms with van der Waals surface area (Å²) < 4.78 is 13.8. The van der Waals surface area contributed by atoms with E-state index in [4.69, 9.17) is 9.79 Å². The number of hydrogen-bond donors (Lipinski definition) is 4. The molecule has 0 aliphatic heterocycles. The van der Waals surface area contributed by atoms with Crippen molar-refractivity contribution < 1.29 is 19.0 Å². The van der Waals surface area contributed by atoms with Crippen molar-refractivity contribution in [2.75, 3.05) is 0 Å². The molecule has 0 bridgehead atoms. The molecule has 6 nitrogen and oxygen atoms in total. The summed E-state index contributed by atoms with van der Waals surface area (Å²) in [7, 11) is -4.40. The van der Waals surface area contributed by atoms with Gasteiger partial charge in [0, 0.05) is 6.04 Å². The second kappa shape index (κ2) is 4.02. The smallest absolute Gasteiger partial charge is 0.302 e. The van der Waals surface area contributed by atoms with E-state index < -0.39 is 7.82 Å². The maximum absolute atomic E-state index is 9.98. The maximum atomic E-state index is 9.98. The summed E-state index contributed by atoms with van der Waals surface area (Å²) in [6.45, 7) is 3.58. The molecule has 0 unspecified atom stereocenters. The Morgan fingerprint density at radius 1 is 1.50 bits per heavy atom. The van der Waals surface area contributed by atoms with E-state index in [0.717, 1.165) is 0 Å². The molecule has 0 rings (SSSR count). The molecule has 0 aromatic carbocycles. The van der Waals surface area contributed by atoms with Gasteiger partial charge in [-0.15, -0.1) is 5.59 Å². The molecule has 10 heavy (non-hydrogen) atoms. The van der Waals surface area contributed by atoms with Crippen molar-refractivity contribution in [3.05, 3.63) is 0 Å². The minimum Gasteiger partial charge on any atom is -0.302 e. The molecule has 0 aromatic heterocycles. The Kier molecular flexibility index (Phi) is 4.04. The topological polar surface area (TPSA) is 90.8 Å². The van der Waals surface area contributed by atoms with Crippen LogP contribution < -0.4 is 11.0 Å². The summed E-state index contributed by atoms with van der Waals surface area (Å²) in [5.41, 5.74) is 4.35. The van der Waals surface area contributed by atoms with Crippen LogP contribution in [-0.4, -0.2) is 15.8 Å². The zero-order chi connectivity index (χ0) is 8.20. The van der Waals surface area contributed by atoms with E-state index in [1.807, 2.05) is 5.59 Å². The molecule has 0 radical (unpaired) electrons. The summed E-state index contributed by atoms with van der Waals surface area (Å²) in [5.74, 6) is 0. The van der Waals surface area contributed by atoms with Crippen LogP contribution >= 0.6 is 7.82 Å². The second-order valence-corrected chi connectivity index (χ2v) is 3.15. The molecule has 0 heterocycles. The minimum absolute atomic E-state index is 0.0477. The zero-order valence-electron chi connectivity index (χ0n) is 5.74. The number of nitrogens with one attached hydrogen (secondary N) is 2. The fourth-order valence-corrected chi connectivity index (χ4v) is 0.375. The molecule has 62 valence electrons. The van der Waals surface area contributed by atoms with Crippen molar-refractivity contribution in [1.29, 1.82) is 0 Å². The Morgan fingerprint density at radius 2 is 2.00 bits per heavy atom. The molecule has 7 heteroatoms. The van der Waals surface area contributed by atoms with E-state index in [0.29, 0.717) is 0 Å². The standard InChI is InChI=1S/C3H11N2O4P/c1-3(2)4-5-9-10(6,7)8/h3-5H,1-2H3,(H2,6,7,8). The Balaban J connectivity index is 3.30. The van der Waals surface area contributed by atoms with Gasteiger partial charge in [-0.2, -0.15) is 4.62 Å². The van der Waals surface area contributed by atoms with Crippen LogP contribution in [0.2, 0.25) is 0 Å². The van der Waals surface area contributed by atoms with Crippen LogP contribution in [0.4, 0.5) is 0 Å². The third kappa shape index (κ3) is 8.03. The van der Waals surface area contributed by atoms with Crippen molar-refractivity contribution in [1.82, 2.24) is 11.0 Å². The van der Waals surface area contributed by atoms with Gasteiger partial charge in [0.15, 0.2) is 0 Å². The first kappa shape index (κ1) is 10.0. The first-order valence-electron chi connectivity index (χ1n) is 2.66. The van der Waals surface area contributed by atoms with E-state index in [1.54, 1.807) is 13.8 Å². The summed E-state index contributed by atoms with van der Waals surface area (Å²) in [6.07, 6.45) is 0. The lowest BCUT2D eigenvalue weighted by molar-refractivity contribution is 0.0872. The average molecular weight is 170 g/mol. The van der Waals surface area contributed by atoms with Crippen molar-refractivity contribution in [3.8, 4) is 0 Å². The fourth-order valence-electron chi connectivity index (χ4n) is 0.204. The second-order valence-electron chi connectivity index (χ2n) is 1.98. The number of hydrogen-bond acceptors (Lipinski definition) is 4. The Hall–Kier alpha value is 0.0300. The molecule has 0 aromatic rings. The van der Waals surface area contributed by atoms with E-state index in [1.165, 1.54) is 0 Å². The quantitative estimate of drug-likeness (QED) is 0.336. The van der Waals surface area contributed by atoms with Gasteiger partial charge in [-0.25, -0.2) is 9.99 Å². The summed E-state index contributed by atoms with van der Waals surface area (Å²) in [4.78, 5) is 16.2. The lowest BCUT2D eigenvalue weighted by Crippen LogP contribution is -2.36. The van der Waals surface area contributed by atoms with Gasteiger partial charge in [0.1, 0.15) is 0 Å².